The normalized spacial score (nSPS) is 43.9. The Bertz CT molecular complexity index is 1180. The molecule has 5 aliphatic rings. The molecule has 12 heteroatoms. The van der Waals surface area contributed by atoms with E-state index < -0.39 is 76.4 Å². The molecule has 3 aliphatic heterocycles. The molecule has 1 N–H and O–H groups in total. The average molecular weight is 609 g/mol. The number of esters is 4. The van der Waals surface area contributed by atoms with Crippen LogP contribution in [0.25, 0.3) is 0 Å². The van der Waals surface area contributed by atoms with Crippen LogP contribution in [-0.2, 0) is 52.3 Å². The summed E-state index contributed by atoms with van der Waals surface area (Å²) in [6.07, 6.45) is 1.03. The van der Waals surface area contributed by atoms with Crippen LogP contribution in [0, 0.1) is 28.6 Å². The van der Waals surface area contributed by atoms with Gasteiger partial charge in [-0.1, -0.05) is 20.8 Å². The van der Waals surface area contributed by atoms with Crippen LogP contribution in [0.1, 0.15) is 74.1 Å². The summed E-state index contributed by atoms with van der Waals surface area (Å²) in [5.74, 6) is -2.99. The number of hydrogen-bond donors (Lipinski definition) is 1. The number of aliphatic hydroxyl groups is 1. The van der Waals surface area contributed by atoms with Gasteiger partial charge < -0.3 is 38.3 Å². The number of carbonyl (C=O) groups excluding carboxylic acids is 4. The molecule has 3 heterocycles. The number of epoxide rings is 1. The van der Waals surface area contributed by atoms with Gasteiger partial charge in [-0.25, -0.2) is 4.79 Å². The molecule has 2 aliphatic carbocycles. The molecule has 240 valence electrons. The predicted octanol–water partition coefficient (Wildman–Crippen LogP) is 2.58. The standard InChI is InChI=1S/C31H44O12/c1-8-28(6,43-19(5)34)27(36)42-25-21(35)13-22-29(7,23-12-20-9-10-37-26(20)41-23)16(2)11-24(40-18(4)33)30(22,14-38-17(3)32)31(25)15-39-31/h9-10,16,20-26,35H,8,11-15H2,1-7H3/t16-,20+,21-,22-,23+,24+,25+,26-,28-,29+,30+,31-/m1/s1. The summed E-state index contributed by atoms with van der Waals surface area (Å²) in [5.41, 5.74) is -4.80. The van der Waals surface area contributed by atoms with Crippen molar-refractivity contribution in [2.45, 2.75) is 116 Å². The van der Waals surface area contributed by atoms with E-state index in [1.54, 1.807) is 13.2 Å². The minimum atomic E-state index is -1.60. The maximum Gasteiger partial charge on any atom is 0.350 e. The summed E-state index contributed by atoms with van der Waals surface area (Å²) >= 11 is 0. The van der Waals surface area contributed by atoms with Crippen LogP contribution in [0.2, 0.25) is 0 Å². The Kier molecular flexibility index (Phi) is 8.13. The number of fused-ring (bicyclic) bond motifs is 3. The number of hydrogen-bond acceptors (Lipinski definition) is 12. The first-order valence-corrected chi connectivity index (χ1v) is 15.2. The Hall–Kier alpha value is -2.70. The van der Waals surface area contributed by atoms with Gasteiger partial charge in [0.25, 0.3) is 0 Å². The molecule has 2 saturated carbocycles. The fourth-order valence-corrected chi connectivity index (χ4v) is 8.42. The van der Waals surface area contributed by atoms with Crippen molar-refractivity contribution in [2.75, 3.05) is 13.2 Å². The lowest BCUT2D eigenvalue weighted by atomic mass is 9.41. The van der Waals surface area contributed by atoms with E-state index in [0.717, 1.165) is 0 Å². The average Bonchev–Trinajstić information content (AvgIpc) is 3.40. The Morgan fingerprint density at radius 2 is 1.74 bits per heavy atom. The molecular weight excluding hydrogens is 564 g/mol. The fraction of sp³-hybridized carbons (Fsp3) is 0.806. The zero-order chi connectivity index (χ0) is 31.5. The van der Waals surface area contributed by atoms with E-state index in [2.05, 4.69) is 13.8 Å². The van der Waals surface area contributed by atoms with E-state index in [9.17, 15) is 24.3 Å². The van der Waals surface area contributed by atoms with E-state index >= 15 is 0 Å². The summed E-state index contributed by atoms with van der Waals surface area (Å²) in [6, 6.07) is 0. The van der Waals surface area contributed by atoms with Crippen LogP contribution in [0.15, 0.2) is 12.3 Å². The number of rotatable bonds is 8. The van der Waals surface area contributed by atoms with Crippen molar-refractivity contribution in [1.82, 2.24) is 0 Å². The van der Waals surface area contributed by atoms with Gasteiger partial charge in [-0.2, -0.15) is 0 Å². The Morgan fingerprint density at radius 1 is 1.05 bits per heavy atom. The molecule has 4 fully saturated rings. The molecule has 12 nitrogen and oxygen atoms in total. The molecule has 0 aromatic heterocycles. The first-order valence-electron chi connectivity index (χ1n) is 15.2. The number of aliphatic hydroxyl groups excluding tert-OH is 1. The van der Waals surface area contributed by atoms with Crippen molar-refractivity contribution in [1.29, 1.82) is 0 Å². The highest BCUT2D eigenvalue weighted by Gasteiger charge is 2.81. The largest absolute Gasteiger partial charge is 0.472 e. The third-order valence-corrected chi connectivity index (χ3v) is 11.0. The van der Waals surface area contributed by atoms with Crippen molar-refractivity contribution in [3.63, 3.8) is 0 Å². The molecule has 0 unspecified atom stereocenters. The van der Waals surface area contributed by atoms with E-state index in [-0.39, 0.29) is 44.0 Å². The van der Waals surface area contributed by atoms with E-state index in [4.69, 9.17) is 33.2 Å². The highest BCUT2D eigenvalue weighted by atomic mass is 16.7. The monoisotopic (exact) mass is 608 g/mol. The second-order valence-corrected chi connectivity index (χ2v) is 13.3. The maximum atomic E-state index is 13.6. The highest BCUT2D eigenvalue weighted by Crippen LogP contribution is 2.70. The van der Waals surface area contributed by atoms with E-state index in [1.807, 2.05) is 6.08 Å². The quantitative estimate of drug-likeness (QED) is 0.244. The van der Waals surface area contributed by atoms with Crippen LogP contribution >= 0.6 is 0 Å². The lowest BCUT2D eigenvalue weighted by Crippen LogP contribution is -2.74. The van der Waals surface area contributed by atoms with Crippen molar-refractivity contribution in [3.05, 3.63) is 12.3 Å². The second-order valence-electron chi connectivity index (χ2n) is 13.3. The molecule has 2 saturated heterocycles. The lowest BCUT2D eigenvalue weighted by molar-refractivity contribution is -0.285. The Balaban J connectivity index is 1.61. The second kappa shape index (κ2) is 11.0. The van der Waals surface area contributed by atoms with Gasteiger partial charge in [0.1, 0.15) is 18.3 Å². The molecule has 12 atom stereocenters. The number of carbonyl (C=O) groups is 4. The van der Waals surface area contributed by atoms with Crippen LogP contribution in [0.4, 0.5) is 0 Å². The maximum absolute atomic E-state index is 13.6. The Morgan fingerprint density at radius 3 is 2.30 bits per heavy atom. The summed E-state index contributed by atoms with van der Waals surface area (Å²) < 4.78 is 41.5. The molecule has 0 aromatic carbocycles. The summed E-state index contributed by atoms with van der Waals surface area (Å²) in [7, 11) is 0. The third-order valence-electron chi connectivity index (χ3n) is 11.0. The van der Waals surface area contributed by atoms with Crippen molar-refractivity contribution in [2.24, 2.45) is 28.6 Å². The molecule has 0 amide bonds. The van der Waals surface area contributed by atoms with Crippen LogP contribution < -0.4 is 0 Å². The molecular formula is C31H44O12. The van der Waals surface area contributed by atoms with Gasteiger partial charge in [-0.3, -0.25) is 14.4 Å². The van der Waals surface area contributed by atoms with Gasteiger partial charge in [-0.05, 0) is 50.5 Å². The molecule has 43 heavy (non-hydrogen) atoms. The van der Waals surface area contributed by atoms with Gasteiger partial charge in [0.05, 0.1) is 30.5 Å². The first kappa shape index (κ1) is 31.7. The predicted molar refractivity (Wildman–Crippen MR) is 147 cm³/mol. The van der Waals surface area contributed by atoms with Crippen molar-refractivity contribution >= 4 is 23.9 Å². The zero-order valence-electron chi connectivity index (χ0n) is 26.0. The minimum Gasteiger partial charge on any atom is -0.472 e. The highest BCUT2D eigenvalue weighted by molar-refractivity contribution is 5.82. The summed E-state index contributed by atoms with van der Waals surface area (Å²) in [6.45, 7) is 11.0. The van der Waals surface area contributed by atoms with Crippen LogP contribution in [0.5, 0.6) is 0 Å². The first-order chi connectivity index (χ1) is 20.1. The number of ether oxygens (including phenoxy) is 7. The van der Waals surface area contributed by atoms with E-state index in [0.29, 0.717) is 12.8 Å². The zero-order valence-corrected chi connectivity index (χ0v) is 26.0. The molecule has 0 radical (unpaired) electrons. The van der Waals surface area contributed by atoms with Gasteiger partial charge >= 0.3 is 23.9 Å². The molecule has 5 rings (SSSR count). The van der Waals surface area contributed by atoms with Crippen molar-refractivity contribution < 1.29 is 57.4 Å². The Labute approximate surface area is 251 Å². The molecule has 0 bridgehead atoms. The lowest BCUT2D eigenvalue weighted by Gasteiger charge is -2.65. The van der Waals surface area contributed by atoms with Gasteiger partial charge in [0.15, 0.2) is 6.10 Å². The topological polar surface area (TPSA) is 156 Å². The van der Waals surface area contributed by atoms with E-state index in [1.165, 1.54) is 27.7 Å². The van der Waals surface area contributed by atoms with Crippen LogP contribution in [-0.4, -0.2) is 84.1 Å². The van der Waals surface area contributed by atoms with Crippen LogP contribution in [0.3, 0.4) is 0 Å². The van der Waals surface area contributed by atoms with Gasteiger partial charge in [0.2, 0.25) is 11.9 Å². The van der Waals surface area contributed by atoms with Crippen molar-refractivity contribution in [3.8, 4) is 0 Å². The smallest absolute Gasteiger partial charge is 0.350 e. The minimum absolute atomic E-state index is 0.0566. The molecule has 1 spiro atoms. The third kappa shape index (κ3) is 4.93. The van der Waals surface area contributed by atoms with Gasteiger partial charge in [0, 0.05) is 32.1 Å². The summed E-state index contributed by atoms with van der Waals surface area (Å²) in [4.78, 5) is 50.3. The fourth-order valence-electron chi connectivity index (χ4n) is 8.42. The SMILES string of the molecule is CC[C@@](C)(OC(C)=O)C(=O)O[C@H]1[C@H](O)C[C@@H]2[C@@](C)([C@@H]3C[C@@H]4C=CO[C@@H]4O3)[C@H](C)C[C@H](OC(C)=O)[C@@]2(COC(C)=O)[C@@]12CO2. The summed E-state index contributed by atoms with van der Waals surface area (Å²) in [5, 5.41) is 11.8. The molecule has 0 aromatic rings. The van der Waals surface area contributed by atoms with Gasteiger partial charge in [-0.15, -0.1) is 0 Å².